The Kier molecular flexibility index (Phi) is 4.02. The SMILES string of the molecule is COCC(C)C1CCNCC1C. The highest BCUT2D eigenvalue weighted by atomic mass is 16.5. The van der Waals surface area contributed by atoms with Crippen molar-refractivity contribution in [1.29, 1.82) is 0 Å². The lowest BCUT2D eigenvalue weighted by molar-refractivity contribution is 0.0946. The minimum absolute atomic E-state index is 0.715. The van der Waals surface area contributed by atoms with E-state index < -0.39 is 0 Å². The van der Waals surface area contributed by atoms with Gasteiger partial charge in [0, 0.05) is 13.7 Å². The fourth-order valence-electron chi connectivity index (χ4n) is 2.27. The number of piperidine rings is 1. The molecule has 0 amide bonds. The molecule has 1 fully saturated rings. The van der Waals surface area contributed by atoms with Gasteiger partial charge in [0.15, 0.2) is 0 Å². The van der Waals surface area contributed by atoms with E-state index in [1.807, 2.05) is 0 Å². The van der Waals surface area contributed by atoms with E-state index >= 15 is 0 Å². The molecule has 12 heavy (non-hydrogen) atoms. The number of nitrogens with one attached hydrogen (secondary N) is 1. The zero-order valence-electron chi connectivity index (χ0n) is 8.47. The normalized spacial score (nSPS) is 33.2. The molecule has 2 nitrogen and oxygen atoms in total. The molecule has 2 heteroatoms. The van der Waals surface area contributed by atoms with Gasteiger partial charge in [0.1, 0.15) is 0 Å². The third-order valence-corrected chi connectivity index (χ3v) is 3.01. The first-order valence-electron chi connectivity index (χ1n) is 4.95. The van der Waals surface area contributed by atoms with E-state index in [-0.39, 0.29) is 0 Å². The van der Waals surface area contributed by atoms with E-state index in [4.69, 9.17) is 4.74 Å². The molecule has 0 spiro atoms. The lowest BCUT2D eigenvalue weighted by atomic mass is 9.79. The van der Waals surface area contributed by atoms with Crippen molar-refractivity contribution in [3.8, 4) is 0 Å². The van der Waals surface area contributed by atoms with Crippen LogP contribution in [0, 0.1) is 17.8 Å². The Labute approximate surface area is 75.7 Å². The first kappa shape index (κ1) is 10.0. The van der Waals surface area contributed by atoms with Crippen molar-refractivity contribution in [1.82, 2.24) is 5.32 Å². The largest absolute Gasteiger partial charge is 0.384 e. The van der Waals surface area contributed by atoms with Crippen molar-refractivity contribution < 1.29 is 4.74 Å². The number of hydrogen-bond acceptors (Lipinski definition) is 2. The summed E-state index contributed by atoms with van der Waals surface area (Å²) >= 11 is 0. The molecule has 3 atom stereocenters. The molecule has 1 saturated heterocycles. The number of methoxy groups -OCH3 is 1. The maximum absolute atomic E-state index is 5.18. The first-order chi connectivity index (χ1) is 5.75. The number of rotatable bonds is 3. The van der Waals surface area contributed by atoms with Crippen LogP contribution < -0.4 is 5.32 Å². The molecule has 72 valence electrons. The Balaban J connectivity index is 2.36. The van der Waals surface area contributed by atoms with E-state index in [2.05, 4.69) is 19.2 Å². The molecule has 0 bridgehead atoms. The highest BCUT2D eigenvalue weighted by Crippen LogP contribution is 2.26. The average molecular weight is 171 g/mol. The van der Waals surface area contributed by atoms with E-state index in [0.717, 1.165) is 18.4 Å². The fraction of sp³-hybridized carbons (Fsp3) is 1.00. The Hall–Kier alpha value is -0.0800. The lowest BCUT2D eigenvalue weighted by Crippen LogP contribution is -2.38. The van der Waals surface area contributed by atoms with Crippen LogP contribution in [-0.4, -0.2) is 26.8 Å². The summed E-state index contributed by atoms with van der Waals surface area (Å²) < 4.78 is 5.18. The average Bonchev–Trinajstić information content (AvgIpc) is 2.05. The maximum atomic E-state index is 5.18. The molecule has 1 N–H and O–H groups in total. The minimum Gasteiger partial charge on any atom is -0.384 e. The standard InChI is InChI=1S/C10H21NO/c1-8-6-11-5-4-10(8)9(2)7-12-3/h8-11H,4-7H2,1-3H3. The van der Waals surface area contributed by atoms with Crippen molar-refractivity contribution in [2.45, 2.75) is 20.3 Å². The second-order valence-electron chi connectivity index (χ2n) is 4.07. The molecule has 3 unspecified atom stereocenters. The predicted octanol–water partition coefficient (Wildman–Crippen LogP) is 1.51. The minimum atomic E-state index is 0.715. The highest BCUT2D eigenvalue weighted by Gasteiger charge is 2.25. The molecule has 0 aromatic rings. The molecule has 1 aliphatic heterocycles. The number of ether oxygens (including phenoxy) is 1. The van der Waals surface area contributed by atoms with Crippen molar-refractivity contribution in [2.24, 2.45) is 17.8 Å². The monoisotopic (exact) mass is 171 g/mol. The van der Waals surface area contributed by atoms with E-state index in [1.165, 1.54) is 19.5 Å². The summed E-state index contributed by atoms with van der Waals surface area (Å²) in [7, 11) is 1.79. The summed E-state index contributed by atoms with van der Waals surface area (Å²) in [6.45, 7) is 7.91. The van der Waals surface area contributed by atoms with E-state index in [1.54, 1.807) is 7.11 Å². The maximum Gasteiger partial charge on any atom is 0.0490 e. The zero-order chi connectivity index (χ0) is 8.97. The van der Waals surface area contributed by atoms with Crippen LogP contribution in [0.15, 0.2) is 0 Å². The fourth-order valence-corrected chi connectivity index (χ4v) is 2.27. The molecule has 0 aromatic carbocycles. The summed E-state index contributed by atoms with van der Waals surface area (Å²) in [5.74, 6) is 2.38. The summed E-state index contributed by atoms with van der Waals surface area (Å²) in [6.07, 6.45) is 1.31. The molecular weight excluding hydrogens is 150 g/mol. The summed E-state index contributed by atoms with van der Waals surface area (Å²) in [5.41, 5.74) is 0. The van der Waals surface area contributed by atoms with Crippen LogP contribution in [0.3, 0.4) is 0 Å². The van der Waals surface area contributed by atoms with Crippen LogP contribution in [0.2, 0.25) is 0 Å². The van der Waals surface area contributed by atoms with Crippen LogP contribution >= 0.6 is 0 Å². The molecule has 0 aliphatic carbocycles. The van der Waals surface area contributed by atoms with Gasteiger partial charge in [-0.2, -0.15) is 0 Å². The van der Waals surface area contributed by atoms with Crippen molar-refractivity contribution in [3.63, 3.8) is 0 Å². The second-order valence-corrected chi connectivity index (χ2v) is 4.07. The molecule has 0 aromatic heterocycles. The Morgan fingerprint density at radius 1 is 1.58 bits per heavy atom. The lowest BCUT2D eigenvalue weighted by Gasteiger charge is -2.33. The van der Waals surface area contributed by atoms with Gasteiger partial charge in [-0.05, 0) is 37.3 Å². The molecular formula is C10H21NO. The van der Waals surface area contributed by atoms with Crippen LogP contribution in [0.1, 0.15) is 20.3 Å². The predicted molar refractivity (Wildman–Crippen MR) is 51.2 cm³/mol. The summed E-state index contributed by atoms with van der Waals surface area (Å²) in [4.78, 5) is 0. The van der Waals surface area contributed by atoms with Crippen LogP contribution in [-0.2, 0) is 4.74 Å². The molecule has 0 radical (unpaired) electrons. The Bertz CT molecular complexity index is 127. The van der Waals surface area contributed by atoms with E-state index in [0.29, 0.717) is 5.92 Å². The molecule has 0 saturated carbocycles. The third kappa shape index (κ3) is 2.46. The van der Waals surface area contributed by atoms with Crippen molar-refractivity contribution in [3.05, 3.63) is 0 Å². The van der Waals surface area contributed by atoms with E-state index in [9.17, 15) is 0 Å². The third-order valence-electron chi connectivity index (χ3n) is 3.01. The summed E-state index contributed by atoms with van der Waals surface area (Å²) in [6, 6.07) is 0. The van der Waals surface area contributed by atoms with Crippen LogP contribution in [0.5, 0.6) is 0 Å². The number of hydrogen-bond donors (Lipinski definition) is 1. The Morgan fingerprint density at radius 2 is 2.33 bits per heavy atom. The van der Waals surface area contributed by atoms with Crippen LogP contribution in [0.4, 0.5) is 0 Å². The summed E-state index contributed by atoms with van der Waals surface area (Å²) in [5, 5.41) is 3.42. The van der Waals surface area contributed by atoms with Gasteiger partial charge in [-0.1, -0.05) is 13.8 Å². The molecule has 1 aliphatic rings. The first-order valence-corrected chi connectivity index (χ1v) is 4.95. The van der Waals surface area contributed by atoms with Gasteiger partial charge in [0.05, 0.1) is 0 Å². The van der Waals surface area contributed by atoms with Gasteiger partial charge >= 0.3 is 0 Å². The quantitative estimate of drug-likeness (QED) is 0.695. The van der Waals surface area contributed by atoms with Gasteiger partial charge in [-0.3, -0.25) is 0 Å². The highest BCUT2D eigenvalue weighted by molar-refractivity contribution is 4.78. The van der Waals surface area contributed by atoms with Crippen molar-refractivity contribution >= 4 is 0 Å². The van der Waals surface area contributed by atoms with Gasteiger partial charge in [0.2, 0.25) is 0 Å². The van der Waals surface area contributed by atoms with Gasteiger partial charge in [0.25, 0.3) is 0 Å². The molecule has 1 heterocycles. The van der Waals surface area contributed by atoms with Gasteiger partial charge in [-0.15, -0.1) is 0 Å². The van der Waals surface area contributed by atoms with Crippen molar-refractivity contribution in [2.75, 3.05) is 26.8 Å². The zero-order valence-corrected chi connectivity index (χ0v) is 8.47. The molecule has 1 rings (SSSR count). The van der Waals surface area contributed by atoms with Gasteiger partial charge in [-0.25, -0.2) is 0 Å². The van der Waals surface area contributed by atoms with Gasteiger partial charge < -0.3 is 10.1 Å². The topological polar surface area (TPSA) is 21.3 Å². The smallest absolute Gasteiger partial charge is 0.0490 e. The second kappa shape index (κ2) is 4.83. The van der Waals surface area contributed by atoms with Crippen LogP contribution in [0.25, 0.3) is 0 Å². The Morgan fingerprint density at radius 3 is 2.92 bits per heavy atom.